The molecule has 0 unspecified atom stereocenters. The van der Waals surface area contributed by atoms with Crippen molar-refractivity contribution in [2.45, 2.75) is 46.7 Å². The van der Waals surface area contributed by atoms with E-state index in [0.717, 1.165) is 17.8 Å². The molecule has 1 aromatic rings. The van der Waals surface area contributed by atoms with E-state index in [-0.39, 0.29) is 5.54 Å². The molecule has 0 atom stereocenters. The van der Waals surface area contributed by atoms with Gasteiger partial charge in [-0.15, -0.1) is 0 Å². The van der Waals surface area contributed by atoms with Crippen LogP contribution in [-0.4, -0.2) is 22.1 Å². The summed E-state index contributed by atoms with van der Waals surface area (Å²) >= 11 is 0. The van der Waals surface area contributed by atoms with Gasteiger partial charge in [-0.2, -0.15) is 0 Å². The van der Waals surface area contributed by atoms with E-state index in [1.807, 2.05) is 32.2 Å². The number of allylic oxidation sites excluding steroid dienone is 1. The quantitative estimate of drug-likeness (QED) is 0.815. The number of nitrogens with one attached hydrogen (secondary N) is 1. The molecule has 0 aromatic carbocycles. The van der Waals surface area contributed by atoms with E-state index in [1.54, 1.807) is 0 Å². The van der Waals surface area contributed by atoms with Crippen LogP contribution in [-0.2, 0) is 6.54 Å². The molecule has 0 aliphatic carbocycles. The number of aryl methyl sites for hydroxylation is 1. The Morgan fingerprint density at radius 1 is 1.39 bits per heavy atom. The van der Waals surface area contributed by atoms with Crippen molar-refractivity contribution in [3.8, 4) is 6.01 Å². The van der Waals surface area contributed by atoms with Gasteiger partial charge in [0.25, 0.3) is 0 Å². The highest BCUT2D eigenvalue weighted by Crippen LogP contribution is 2.10. The number of ether oxygens (including phenoxy) is 1. The highest BCUT2D eigenvalue weighted by Gasteiger charge is 2.10. The summed E-state index contributed by atoms with van der Waals surface area (Å²) in [6.45, 7) is 11.6. The topological polar surface area (TPSA) is 47.0 Å². The van der Waals surface area contributed by atoms with Gasteiger partial charge in [-0.1, -0.05) is 12.2 Å². The van der Waals surface area contributed by atoms with Gasteiger partial charge in [0.15, 0.2) is 0 Å². The molecule has 0 amide bonds. The monoisotopic (exact) mass is 249 g/mol. The second-order valence-electron chi connectivity index (χ2n) is 5.25. The fourth-order valence-corrected chi connectivity index (χ4v) is 1.29. The molecule has 100 valence electrons. The molecule has 4 nitrogen and oxygen atoms in total. The van der Waals surface area contributed by atoms with Crippen LogP contribution in [0.2, 0.25) is 0 Å². The number of aromatic nitrogens is 2. The Kier molecular flexibility index (Phi) is 5.28. The summed E-state index contributed by atoms with van der Waals surface area (Å²) in [5.74, 6) is 0. The molecular formula is C14H23N3O. The van der Waals surface area contributed by atoms with Gasteiger partial charge in [-0.3, -0.25) is 0 Å². The van der Waals surface area contributed by atoms with E-state index in [2.05, 4.69) is 36.1 Å². The lowest BCUT2D eigenvalue weighted by Crippen LogP contribution is -2.35. The molecule has 0 spiro atoms. The Hall–Kier alpha value is -1.42. The lowest BCUT2D eigenvalue weighted by atomic mass is 10.1. The number of hydrogen-bond donors (Lipinski definition) is 1. The highest BCUT2D eigenvalue weighted by atomic mass is 16.5. The first kappa shape index (κ1) is 14.6. The summed E-state index contributed by atoms with van der Waals surface area (Å²) in [4.78, 5) is 8.54. The minimum Gasteiger partial charge on any atom is -0.459 e. The smallest absolute Gasteiger partial charge is 0.316 e. The average Bonchev–Trinajstić information content (AvgIpc) is 2.27. The van der Waals surface area contributed by atoms with Crippen LogP contribution in [0.15, 0.2) is 18.3 Å². The maximum Gasteiger partial charge on any atom is 0.316 e. The standard InChI is InChI=1S/C14H23N3O/c1-6-7-8-18-13-15-9-12(11(2)17-13)10-16-14(3,4)5/h6-7,9,16H,8,10H2,1-5H3/b7-6+. The SMILES string of the molecule is C/C=C/COc1ncc(CNC(C)(C)C)c(C)n1. The van der Waals surface area contributed by atoms with Gasteiger partial charge in [-0.25, -0.2) is 9.97 Å². The summed E-state index contributed by atoms with van der Waals surface area (Å²) in [7, 11) is 0. The van der Waals surface area contributed by atoms with E-state index < -0.39 is 0 Å². The summed E-state index contributed by atoms with van der Waals surface area (Å²) in [5.41, 5.74) is 2.15. The summed E-state index contributed by atoms with van der Waals surface area (Å²) in [6, 6.07) is 0.435. The van der Waals surface area contributed by atoms with Gasteiger partial charge in [0.2, 0.25) is 0 Å². The molecule has 1 aromatic heterocycles. The van der Waals surface area contributed by atoms with Crippen LogP contribution in [0.5, 0.6) is 6.01 Å². The van der Waals surface area contributed by atoms with Crippen molar-refractivity contribution in [1.29, 1.82) is 0 Å². The maximum absolute atomic E-state index is 5.40. The van der Waals surface area contributed by atoms with Crippen molar-refractivity contribution in [1.82, 2.24) is 15.3 Å². The molecule has 0 bridgehead atoms. The summed E-state index contributed by atoms with van der Waals surface area (Å²) in [5, 5.41) is 3.42. The van der Waals surface area contributed by atoms with Crippen molar-refractivity contribution in [2.24, 2.45) is 0 Å². The van der Waals surface area contributed by atoms with Crippen LogP contribution < -0.4 is 10.1 Å². The predicted octanol–water partition coefficient (Wildman–Crippen LogP) is 2.63. The van der Waals surface area contributed by atoms with Crippen LogP contribution >= 0.6 is 0 Å². The van der Waals surface area contributed by atoms with E-state index in [9.17, 15) is 0 Å². The molecule has 1 N–H and O–H groups in total. The average molecular weight is 249 g/mol. The first-order valence-electron chi connectivity index (χ1n) is 6.24. The van der Waals surface area contributed by atoms with Crippen molar-refractivity contribution in [3.05, 3.63) is 29.6 Å². The Morgan fingerprint density at radius 3 is 2.67 bits per heavy atom. The van der Waals surface area contributed by atoms with Gasteiger partial charge in [-0.05, 0) is 34.6 Å². The number of hydrogen-bond acceptors (Lipinski definition) is 4. The zero-order valence-electron chi connectivity index (χ0n) is 11.9. The minimum absolute atomic E-state index is 0.0908. The van der Waals surface area contributed by atoms with E-state index in [0.29, 0.717) is 12.6 Å². The summed E-state index contributed by atoms with van der Waals surface area (Å²) < 4.78 is 5.40. The van der Waals surface area contributed by atoms with Crippen LogP contribution in [0.1, 0.15) is 39.0 Å². The third-order valence-corrected chi connectivity index (χ3v) is 2.41. The first-order chi connectivity index (χ1) is 8.42. The molecule has 0 saturated heterocycles. The molecule has 0 radical (unpaired) electrons. The van der Waals surface area contributed by atoms with Gasteiger partial charge in [0, 0.05) is 29.5 Å². The molecule has 0 aliphatic rings. The van der Waals surface area contributed by atoms with Gasteiger partial charge >= 0.3 is 6.01 Å². The van der Waals surface area contributed by atoms with Crippen LogP contribution in [0.25, 0.3) is 0 Å². The largest absolute Gasteiger partial charge is 0.459 e. The highest BCUT2D eigenvalue weighted by molar-refractivity contribution is 5.18. The second-order valence-corrected chi connectivity index (χ2v) is 5.25. The molecule has 18 heavy (non-hydrogen) atoms. The second kappa shape index (κ2) is 6.50. The Morgan fingerprint density at radius 2 is 2.11 bits per heavy atom. The van der Waals surface area contributed by atoms with Gasteiger partial charge < -0.3 is 10.1 Å². The molecule has 1 rings (SSSR count). The van der Waals surface area contributed by atoms with Gasteiger partial charge in [0.1, 0.15) is 6.61 Å². The van der Waals surface area contributed by atoms with Gasteiger partial charge in [0.05, 0.1) is 0 Å². The predicted molar refractivity (Wildman–Crippen MR) is 73.7 cm³/mol. The van der Waals surface area contributed by atoms with Crippen molar-refractivity contribution in [3.63, 3.8) is 0 Å². The zero-order valence-corrected chi connectivity index (χ0v) is 11.9. The molecule has 0 aliphatic heterocycles. The number of rotatable bonds is 5. The summed E-state index contributed by atoms with van der Waals surface area (Å²) in [6.07, 6.45) is 5.69. The van der Waals surface area contributed by atoms with Crippen LogP contribution in [0.4, 0.5) is 0 Å². The van der Waals surface area contributed by atoms with Crippen LogP contribution in [0.3, 0.4) is 0 Å². The molecule has 0 saturated carbocycles. The lowest BCUT2D eigenvalue weighted by Gasteiger charge is -2.20. The maximum atomic E-state index is 5.40. The third kappa shape index (κ3) is 5.27. The van der Waals surface area contributed by atoms with Crippen LogP contribution in [0, 0.1) is 6.92 Å². The zero-order chi connectivity index (χ0) is 13.6. The lowest BCUT2D eigenvalue weighted by molar-refractivity contribution is 0.331. The van der Waals surface area contributed by atoms with Crippen molar-refractivity contribution in [2.75, 3.05) is 6.61 Å². The molecule has 0 fully saturated rings. The van der Waals surface area contributed by atoms with Crippen molar-refractivity contribution >= 4 is 0 Å². The normalized spacial score (nSPS) is 12.1. The minimum atomic E-state index is 0.0908. The Balaban J connectivity index is 2.62. The van der Waals surface area contributed by atoms with Crippen molar-refractivity contribution < 1.29 is 4.74 Å². The molecular weight excluding hydrogens is 226 g/mol. The fourth-order valence-electron chi connectivity index (χ4n) is 1.29. The first-order valence-corrected chi connectivity index (χ1v) is 6.24. The molecule has 1 heterocycles. The van der Waals surface area contributed by atoms with E-state index >= 15 is 0 Å². The Bertz CT molecular complexity index is 408. The fraction of sp³-hybridized carbons (Fsp3) is 0.571. The third-order valence-electron chi connectivity index (χ3n) is 2.41. The van der Waals surface area contributed by atoms with E-state index in [1.165, 1.54) is 0 Å². The van der Waals surface area contributed by atoms with E-state index in [4.69, 9.17) is 4.74 Å². The number of nitrogens with zero attached hydrogens (tertiary/aromatic N) is 2. The molecule has 4 heteroatoms. The Labute approximate surface area is 109 Å².